The van der Waals surface area contributed by atoms with Gasteiger partial charge in [0.05, 0.1) is 25.2 Å². The van der Waals surface area contributed by atoms with Crippen LogP contribution in [-0.4, -0.2) is 30.7 Å². The zero-order valence-corrected chi connectivity index (χ0v) is 10.1. The molecule has 1 aliphatic heterocycles. The summed E-state index contributed by atoms with van der Waals surface area (Å²) in [6.45, 7) is 1.88. The van der Waals surface area contributed by atoms with Crippen LogP contribution in [0.15, 0.2) is 30.3 Å². The van der Waals surface area contributed by atoms with Crippen molar-refractivity contribution in [1.82, 2.24) is 4.90 Å². The van der Waals surface area contributed by atoms with Gasteiger partial charge in [0.25, 0.3) is 0 Å². The van der Waals surface area contributed by atoms with Crippen molar-refractivity contribution in [3.8, 4) is 12.1 Å². The Kier molecular flexibility index (Phi) is 4.30. The molecule has 18 heavy (non-hydrogen) atoms. The first-order valence-corrected chi connectivity index (χ1v) is 6.02. The van der Waals surface area contributed by atoms with Gasteiger partial charge in [-0.25, -0.2) is 0 Å². The summed E-state index contributed by atoms with van der Waals surface area (Å²) in [5.74, 6) is 0. The smallest absolute Gasteiger partial charge is 0.156 e. The minimum Gasteiger partial charge on any atom is -0.361 e. The first-order valence-electron chi connectivity index (χ1n) is 6.02. The Bertz CT molecular complexity index is 460. The summed E-state index contributed by atoms with van der Waals surface area (Å²) in [6.07, 6.45) is 0.0472. The number of hydrogen-bond donors (Lipinski definition) is 0. The molecule has 1 aromatic rings. The number of nitrogens with zero attached hydrogens (tertiary/aromatic N) is 3. The summed E-state index contributed by atoms with van der Waals surface area (Å²) < 4.78 is 5.34. The van der Waals surface area contributed by atoms with E-state index in [0.717, 1.165) is 12.1 Å². The van der Waals surface area contributed by atoms with Crippen LogP contribution in [0.4, 0.5) is 0 Å². The van der Waals surface area contributed by atoms with E-state index in [-0.39, 0.29) is 12.1 Å². The van der Waals surface area contributed by atoms with Gasteiger partial charge >= 0.3 is 0 Å². The Morgan fingerprint density at radius 3 is 2.78 bits per heavy atom. The molecule has 2 atom stereocenters. The van der Waals surface area contributed by atoms with Crippen LogP contribution in [0.2, 0.25) is 0 Å². The molecule has 1 fully saturated rings. The van der Waals surface area contributed by atoms with Gasteiger partial charge in [0.2, 0.25) is 0 Å². The molecule has 2 unspecified atom stereocenters. The van der Waals surface area contributed by atoms with Crippen LogP contribution in [0, 0.1) is 22.7 Å². The van der Waals surface area contributed by atoms with Crippen molar-refractivity contribution in [2.24, 2.45) is 0 Å². The monoisotopic (exact) mass is 241 g/mol. The average Bonchev–Trinajstić information content (AvgIpc) is 2.46. The second-order valence-electron chi connectivity index (χ2n) is 4.27. The van der Waals surface area contributed by atoms with Crippen molar-refractivity contribution in [2.75, 3.05) is 19.7 Å². The SMILES string of the molecule is N#CCC(c1ccccc1)N1CCOC(C#N)C1. The maximum absolute atomic E-state index is 8.98. The number of benzene rings is 1. The number of rotatable bonds is 3. The van der Waals surface area contributed by atoms with Crippen LogP contribution in [0.25, 0.3) is 0 Å². The zero-order valence-electron chi connectivity index (χ0n) is 10.1. The fraction of sp³-hybridized carbons (Fsp3) is 0.429. The highest BCUT2D eigenvalue weighted by Crippen LogP contribution is 2.25. The molecular formula is C14H15N3O. The molecule has 0 radical (unpaired) electrons. The lowest BCUT2D eigenvalue weighted by atomic mass is 10.0. The largest absolute Gasteiger partial charge is 0.361 e. The summed E-state index contributed by atoms with van der Waals surface area (Å²) in [5, 5.41) is 17.9. The van der Waals surface area contributed by atoms with E-state index < -0.39 is 0 Å². The topological polar surface area (TPSA) is 60.1 Å². The van der Waals surface area contributed by atoms with Gasteiger partial charge in [-0.05, 0) is 5.56 Å². The molecule has 0 aromatic heterocycles. The Morgan fingerprint density at radius 1 is 1.33 bits per heavy atom. The quantitative estimate of drug-likeness (QED) is 0.810. The Balaban J connectivity index is 2.16. The van der Waals surface area contributed by atoms with E-state index in [1.54, 1.807) is 0 Å². The summed E-state index contributed by atoms with van der Waals surface area (Å²) in [4.78, 5) is 2.16. The van der Waals surface area contributed by atoms with Crippen LogP contribution < -0.4 is 0 Å². The van der Waals surface area contributed by atoms with E-state index >= 15 is 0 Å². The molecule has 1 aromatic carbocycles. The lowest BCUT2D eigenvalue weighted by Crippen LogP contribution is -2.43. The van der Waals surface area contributed by atoms with Gasteiger partial charge in [-0.1, -0.05) is 30.3 Å². The third-order valence-electron chi connectivity index (χ3n) is 3.15. The number of hydrogen-bond acceptors (Lipinski definition) is 4. The van der Waals surface area contributed by atoms with Gasteiger partial charge in [0, 0.05) is 19.1 Å². The first-order chi connectivity index (χ1) is 8.85. The van der Waals surface area contributed by atoms with E-state index in [1.807, 2.05) is 30.3 Å². The summed E-state index contributed by atoms with van der Waals surface area (Å²) in [5.41, 5.74) is 1.12. The maximum Gasteiger partial charge on any atom is 0.156 e. The van der Waals surface area contributed by atoms with E-state index in [1.165, 1.54) is 0 Å². The molecular weight excluding hydrogens is 226 g/mol. The number of ether oxygens (including phenoxy) is 1. The summed E-state index contributed by atoms with van der Waals surface area (Å²) in [7, 11) is 0. The Labute approximate surface area is 107 Å². The highest BCUT2D eigenvalue weighted by molar-refractivity contribution is 5.20. The summed E-state index contributed by atoms with van der Waals surface area (Å²) >= 11 is 0. The second-order valence-corrected chi connectivity index (χ2v) is 4.27. The normalized spacial score (nSPS) is 21.8. The average molecular weight is 241 g/mol. The zero-order chi connectivity index (χ0) is 12.8. The Hall–Kier alpha value is -1.88. The molecule has 1 saturated heterocycles. The molecule has 4 nitrogen and oxygen atoms in total. The van der Waals surface area contributed by atoms with Crippen molar-refractivity contribution in [1.29, 1.82) is 10.5 Å². The van der Waals surface area contributed by atoms with Crippen LogP contribution in [0.3, 0.4) is 0 Å². The maximum atomic E-state index is 8.98. The lowest BCUT2D eigenvalue weighted by molar-refractivity contribution is -0.0169. The summed E-state index contributed by atoms with van der Waals surface area (Å²) in [6, 6.07) is 14.4. The first kappa shape index (κ1) is 12.6. The molecule has 0 spiro atoms. The van der Waals surface area contributed by atoms with Crippen molar-refractivity contribution in [3.05, 3.63) is 35.9 Å². The van der Waals surface area contributed by atoms with Crippen LogP contribution >= 0.6 is 0 Å². The van der Waals surface area contributed by atoms with Gasteiger partial charge in [-0.3, -0.25) is 4.90 Å². The Morgan fingerprint density at radius 2 is 2.11 bits per heavy atom. The van der Waals surface area contributed by atoms with Gasteiger partial charge in [-0.2, -0.15) is 10.5 Å². The lowest BCUT2D eigenvalue weighted by Gasteiger charge is -2.35. The molecule has 0 amide bonds. The predicted molar refractivity (Wildman–Crippen MR) is 66.3 cm³/mol. The van der Waals surface area contributed by atoms with E-state index in [9.17, 15) is 0 Å². The molecule has 2 rings (SSSR count). The molecule has 1 heterocycles. The highest BCUT2D eigenvalue weighted by Gasteiger charge is 2.27. The molecule has 0 bridgehead atoms. The van der Waals surface area contributed by atoms with Gasteiger partial charge in [-0.15, -0.1) is 0 Å². The van der Waals surface area contributed by atoms with Gasteiger partial charge < -0.3 is 4.74 Å². The molecule has 4 heteroatoms. The molecule has 92 valence electrons. The van der Waals surface area contributed by atoms with Crippen LogP contribution in [0.1, 0.15) is 18.0 Å². The van der Waals surface area contributed by atoms with Crippen molar-refractivity contribution in [2.45, 2.75) is 18.6 Å². The van der Waals surface area contributed by atoms with Crippen LogP contribution in [-0.2, 0) is 4.74 Å². The third-order valence-corrected chi connectivity index (χ3v) is 3.15. The van der Waals surface area contributed by atoms with Crippen molar-refractivity contribution >= 4 is 0 Å². The van der Waals surface area contributed by atoms with E-state index in [4.69, 9.17) is 15.3 Å². The second kappa shape index (κ2) is 6.16. The predicted octanol–water partition coefficient (Wildman–Crippen LogP) is 1.87. The third kappa shape index (κ3) is 2.87. The van der Waals surface area contributed by atoms with Gasteiger partial charge in [0.1, 0.15) is 0 Å². The van der Waals surface area contributed by atoms with Gasteiger partial charge in [0.15, 0.2) is 6.10 Å². The fourth-order valence-corrected chi connectivity index (χ4v) is 2.25. The minimum atomic E-state index is -0.386. The fourth-order valence-electron chi connectivity index (χ4n) is 2.25. The van der Waals surface area contributed by atoms with Crippen molar-refractivity contribution < 1.29 is 4.74 Å². The molecule has 0 N–H and O–H groups in total. The molecule has 0 aliphatic carbocycles. The van der Waals surface area contributed by atoms with E-state index in [0.29, 0.717) is 19.6 Å². The molecule has 1 aliphatic rings. The minimum absolute atomic E-state index is 0.0518. The molecule has 0 saturated carbocycles. The van der Waals surface area contributed by atoms with E-state index in [2.05, 4.69) is 17.0 Å². The number of morpholine rings is 1. The number of nitriles is 2. The van der Waals surface area contributed by atoms with Crippen LogP contribution in [0.5, 0.6) is 0 Å². The van der Waals surface area contributed by atoms with Crippen molar-refractivity contribution in [3.63, 3.8) is 0 Å². The standard InChI is InChI=1S/C14H15N3O/c15-7-6-14(12-4-2-1-3-5-12)17-8-9-18-13(10-16)11-17/h1-5,13-14H,6,8-9,11H2. The highest BCUT2D eigenvalue weighted by atomic mass is 16.5.